The van der Waals surface area contributed by atoms with Crippen LogP contribution in [0, 0.1) is 17.2 Å². The topological polar surface area (TPSA) is 89.8 Å². The van der Waals surface area contributed by atoms with E-state index in [4.69, 9.17) is 5.26 Å². The van der Waals surface area contributed by atoms with Gasteiger partial charge in [0, 0.05) is 13.1 Å². The van der Waals surface area contributed by atoms with Crippen LogP contribution in [0.5, 0.6) is 0 Å². The molecule has 0 spiro atoms. The van der Waals surface area contributed by atoms with Crippen LogP contribution in [0.1, 0.15) is 13.8 Å². The summed E-state index contributed by atoms with van der Waals surface area (Å²) in [6.45, 7) is 3.94. The van der Waals surface area contributed by atoms with Crippen molar-refractivity contribution in [2.75, 3.05) is 13.1 Å². The second-order valence-electron chi connectivity index (χ2n) is 3.41. The Balaban J connectivity index is 2.93. The van der Waals surface area contributed by atoms with Crippen molar-refractivity contribution in [2.45, 2.75) is 18.9 Å². The Hall–Kier alpha value is -1.39. The zero-order valence-corrected chi connectivity index (χ0v) is 10.0. The van der Waals surface area contributed by atoms with Crippen LogP contribution >= 0.6 is 0 Å². The maximum atomic E-state index is 12.0. The molecule has 1 unspecified atom stereocenters. The highest BCUT2D eigenvalue weighted by atomic mass is 32.2. The summed E-state index contributed by atoms with van der Waals surface area (Å²) >= 11 is 0. The molecule has 1 N–H and O–H groups in total. The van der Waals surface area contributed by atoms with Crippen molar-refractivity contribution in [3.8, 4) is 6.07 Å². The SMILES string of the molecule is CCN(CC(C)C#N)S(=O)(=O)c1ccn[nH]1. The molecule has 88 valence electrons. The maximum absolute atomic E-state index is 12.0. The number of nitrogens with zero attached hydrogens (tertiary/aromatic N) is 3. The smallest absolute Gasteiger partial charge is 0.259 e. The highest BCUT2D eigenvalue weighted by Gasteiger charge is 2.25. The molecule has 1 atom stereocenters. The first-order valence-corrected chi connectivity index (χ1v) is 6.35. The summed E-state index contributed by atoms with van der Waals surface area (Å²) in [7, 11) is -3.55. The summed E-state index contributed by atoms with van der Waals surface area (Å²) in [6.07, 6.45) is 1.38. The van der Waals surface area contributed by atoms with Crippen LogP contribution in [0.15, 0.2) is 17.3 Å². The molecule has 0 aliphatic heterocycles. The number of hydrogen-bond donors (Lipinski definition) is 1. The third kappa shape index (κ3) is 2.59. The van der Waals surface area contributed by atoms with Gasteiger partial charge >= 0.3 is 0 Å². The third-order valence-electron chi connectivity index (χ3n) is 2.14. The van der Waals surface area contributed by atoms with E-state index >= 15 is 0 Å². The van der Waals surface area contributed by atoms with Crippen molar-refractivity contribution in [1.29, 1.82) is 5.26 Å². The van der Waals surface area contributed by atoms with E-state index in [1.807, 2.05) is 6.07 Å². The molecular formula is C9H14N4O2S. The zero-order valence-electron chi connectivity index (χ0n) is 9.21. The lowest BCUT2D eigenvalue weighted by Crippen LogP contribution is -2.34. The highest BCUT2D eigenvalue weighted by Crippen LogP contribution is 2.13. The minimum atomic E-state index is -3.55. The molecule has 1 aromatic heterocycles. The van der Waals surface area contributed by atoms with Crippen molar-refractivity contribution >= 4 is 10.0 Å². The van der Waals surface area contributed by atoms with Crippen LogP contribution < -0.4 is 0 Å². The van der Waals surface area contributed by atoms with Crippen LogP contribution in [-0.4, -0.2) is 36.0 Å². The molecule has 0 radical (unpaired) electrons. The predicted octanol–water partition coefficient (Wildman–Crippen LogP) is 0.580. The fraction of sp³-hybridized carbons (Fsp3) is 0.556. The Kier molecular flexibility index (Phi) is 4.04. The number of hydrogen-bond acceptors (Lipinski definition) is 4. The number of sulfonamides is 1. The van der Waals surface area contributed by atoms with E-state index in [0.717, 1.165) is 0 Å². The number of nitriles is 1. The third-order valence-corrected chi connectivity index (χ3v) is 4.01. The predicted molar refractivity (Wildman–Crippen MR) is 57.8 cm³/mol. The second-order valence-corrected chi connectivity index (χ2v) is 5.31. The summed E-state index contributed by atoms with van der Waals surface area (Å²) in [6, 6.07) is 3.41. The average Bonchev–Trinajstić information content (AvgIpc) is 2.78. The van der Waals surface area contributed by atoms with E-state index in [2.05, 4.69) is 10.2 Å². The molecule has 1 rings (SSSR count). The van der Waals surface area contributed by atoms with Gasteiger partial charge in [-0.05, 0) is 13.0 Å². The lowest BCUT2D eigenvalue weighted by Gasteiger charge is -2.20. The summed E-state index contributed by atoms with van der Waals surface area (Å²) < 4.78 is 25.3. The van der Waals surface area contributed by atoms with E-state index in [-0.39, 0.29) is 17.5 Å². The number of H-pyrrole nitrogens is 1. The molecular weight excluding hydrogens is 228 g/mol. The average molecular weight is 242 g/mol. The van der Waals surface area contributed by atoms with Gasteiger partial charge in [0.2, 0.25) is 0 Å². The molecule has 1 aromatic rings. The van der Waals surface area contributed by atoms with Gasteiger partial charge in [-0.2, -0.15) is 14.7 Å². The van der Waals surface area contributed by atoms with E-state index < -0.39 is 10.0 Å². The van der Waals surface area contributed by atoms with Crippen LogP contribution in [0.3, 0.4) is 0 Å². The Morgan fingerprint density at radius 3 is 2.81 bits per heavy atom. The number of aromatic amines is 1. The first-order chi connectivity index (χ1) is 7.52. The van der Waals surface area contributed by atoms with Crippen molar-refractivity contribution < 1.29 is 8.42 Å². The summed E-state index contributed by atoms with van der Waals surface area (Å²) in [4.78, 5) is 0. The number of nitrogens with one attached hydrogen (secondary N) is 1. The highest BCUT2D eigenvalue weighted by molar-refractivity contribution is 7.89. The molecule has 0 aromatic carbocycles. The Morgan fingerprint density at radius 2 is 2.38 bits per heavy atom. The van der Waals surface area contributed by atoms with Gasteiger partial charge in [0.05, 0.1) is 18.2 Å². The van der Waals surface area contributed by atoms with E-state index in [9.17, 15) is 8.42 Å². The van der Waals surface area contributed by atoms with Crippen molar-refractivity contribution in [3.63, 3.8) is 0 Å². The molecule has 0 aliphatic rings. The first kappa shape index (κ1) is 12.7. The molecule has 0 saturated heterocycles. The Bertz CT molecular complexity index is 460. The van der Waals surface area contributed by atoms with Crippen molar-refractivity contribution in [3.05, 3.63) is 12.3 Å². The second kappa shape index (κ2) is 5.09. The van der Waals surface area contributed by atoms with Gasteiger partial charge in [-0.25, -0.2) is 8.42 Å². The quantitative estimate of drug-likeness (QED) is 0.817. The number of rotatable bonds is 5. The minimum Gasteiger partial charge on any atom is -0.266 e. The van der Waals surface area contributed by atoms with E-state index in [1.165, 1.54) is 16.6 Å². The zero-order chi connectivity index (χ0) is 12.2. The van der Waals surface area contributed by atoms with Gasteiger partial charge in [0.1, 0.15) is 0 Å². The van der Waals surface area contributed by atoms with E-state index in [1.54, 1.807) is 13.8 Å². The monoisotopic (exact) mass is 242 g/mol. The molecule has 0 saturated carbocycles. The molecule has 0 fully saturated rings. The Morgan fingerprint density at radius 1 is 1.69 bits per heavy atom. The number of aromatic nitrogens is 2. The molecule has 0 amide bonds. The molecule has 0 aliphatic carbocycles. The van der Waals surface area contributed by atoms with Crippen LogP contribution in [0.2, 0.25) is 0 Å². The van der Waals surface area contributed by atoms with Crippen molar-refractivity contribution in [2.24, 2.45) is 5.92 Å². The van der Waals surface area contributed by atoms with Crippen LogP contribution in [0.4, 0.5) is 0 Å². The fourth-order valence-corrected chi connectivity index (χ4v) is 2.71. The molecule has 6 nitrogen and oxygen atoms in total. The Labute approximate surface area is 94.9 Å². The van der Waals surface area contributed by atoms with Gasteiger partial charge in [-0.15, -0.1) is 0 Å². The summed E-state index contributed by atoms with van der Waals surface area (Å²) in [5.41, 5.74) is 0. The lowest BCUT2D eigenvalue weighted by molar-refractivity contribution is 0.398. The van der Waals surface area contributed by atoms with Gasteiger partial charge in [0.25, 0.3) is 10.0 Å². The molecule has 1 heterocycles. The standard InChI is InChI=1S/C9H14N4O2S/c1-3-13(7-8(2)6-10)16(14,15)9-4-5-11-12-9/h4-5,8H,3,7H2,1-2H3,(H,11,12). The van der Waals surface area contributed by atoms with E-state index in [0.29, 0.717) is 6.54 Å². The largest absolute Gasteiger partial charge is 0.266 e. The van der Waals surface area contributed by atoms with Crippen LogP contribution in [-0.2, 0) is 10.0 Å². The summed E-state index contributed by atoms with van der Waals surface area (Å²) in [5.74, 6) is -0.336. The van der Waals surface area contributed by atoms with Gasteiger partial charge < -0.3 is 0 Å². The van der Waals surface area contributed by atoms with Gasteiger partial charge in [-0.3, -0.25) is 5.10 Å². The lowest BCUT2D eigenvalue weighted by atomic mass is 10.2. The fourth-order valence-electron chi connectivity index (χ4n) is 1.27. The van der Waals surface area contributed by atoms with Gasteiger partial charge in [0.15, 0.2) is 5.03 Å². The minimum absolute atomic E-state index is 0.0551. The molecule has 7 heteroatoms. The molecule has 16 heavy (non-hydrogen) atoms. The molecule has 0 bridgehead atoms. The van der Waals surface area contributed by atoms with Crippen molar-refractivity contribution in [1.82, 2.24) is 14.5 Å². The van der Waals surface area contributed by atoms with Gasteiger partial charge in [-0.1, -0.05) is 6.92 Å². The summed E-state index contributed by atoms with van der Waals surface area (Å²) in [5, 5.41) is 14.8. The maximum Gasteiger partial charge on any atom is 0.259 e. The normalized spacial score (nSPS) is 13.6. The van der Waals surface area contributed by atoms with Crippen LogP contribution in [0.25, 0.3) is 0 Å². The first-order valence-electron chi connectivity index (χ1n) is 4.91.